The van der Waals surface area contributed by atoms with Gasteiger partial charge in [-0.25, -0.2) is 0 Å². The molecule has 0 radical (unpaired) electrons. The van der Waals surface area contributed by atoms with Crippen LogP contribution >= 0.6 is 0 Å². The summed E-state index contributed by atoms with van der Waals surface area (Å²) in [6, 6.07) is 2.46. The minimum atomic E-state index is 0.381. The van der Waals surface area contributed by atoms with E-state index < -0.39 is 0 Å². The van der Waals surface area contributed by atoms with E-state index in [1.165, 1.54) is 11.1 Å². The number of nitrogens with two attached hydrogens (primary N) is 1. The summed E-state index contributed by atoms with van der Waals surface area (Å²) in [4.78, 5) is 6.68. The molecular weight excluding hydrogens is 198 g/mol. The first kappa shape index (κ1) is 11.6. The van der Waals surface area contributed by atoms with E-state index in [9.17, 15) is 0 Å². The van der Waals surface area contributed by atoms with Crippen LogP contribution < -0.4 is 5.73 Å². The molecule has 0 spiro atoms. The van der Waals surface area contributed by atoms with Gasteiger partial charge in [0.25, 0.3) is 0 Å². The Balaban J connectivity index is 1.98. The molecule has 2 atom stereocenters. The Labute approximate surface area is 97.7 Å². The maximum Gasteiger partial charge on any atom is 0.0315 e. The Hall–Kier alpha value is -0.930. The molecule has 2 rings (SSSR count). The zero-order chi connectivity index (χ0) is 11.5. The van der Waals surface area contributed by atoms with Gasteiger partial charge in [-0.3, -0.25) is 9.88 Å². The molecule has 2 unspecified atom stereocenters. The van der Waals surface area contributed by atoms with Crippen molar-refractivity contribution in [2.24, 2.45) is 11.7 Å². The van der Waals surface area contributed by atoms with Gasteiger partial charge in [0.2, 0.25) is 0 Å². The summed E-state index contributed by atoms with van der Waals surface area (Å²) in [5.41, 5.74) is 8.69. The molecule has 0 saturated carbocycles. The summed E-state index contributed by atoms with van der Waals surface area (Å²) in [5.74, 6) is 0.603. The SMILES string of the molecule is Cc1ccncc1CN1CCC(N)C(C)C1. The van der Waals surface area contributed by atoms with E-state index in [1.807, 2.05) is 12.4 Å². The third kappa shape index (κ3) is 2.60. The van der Waals surface area contributed by atoms with Crippen molar-refractivity contribution in [2.75, 3.05) is 13.1 Å². The zero-order valence-corrected chi connectivity index (χ0v) is 10.2. The molecule has 2 N–H and O–H groups in total. The molecule has 88 valence electrons. The predicted octanol–water partition coefficient (Wildman–Crippen LogP) is 1.56. The molecule has 1 aromatic rings. The van der Waals surface area contributed by atoms with Crippen molar-refractivity contribution in [1.82, 2.24) is 9.88 Å². The molecule has 1 aromatic heterocycles. The van der Waals surface area contributed by atoms with Crippen LogP contribution in [-0.4, -0.2) is 29.0 Å². The average molecular weight is 219 g/mol. The third-order valence-electron chi connectivity index (χ3n) is 3.60. The van der Waals surface area contributed by atoms with Crippen molar-refractivity contribution in [2.45, 2.75) is 32.9 Å². The summed E-state index contributed by atoms with van der Waals surface area (Å²) in [6.07, 6.45) is 4.95. The fourth-order valence-electron chi connectivity index (χ4n) is 2.30. The smallest absolute Gasteiger partial charge is 0.0315 e. The minimum absolute atomic E-state index is 0.381. The summed E-state index contributed by atoms with van der Waals surface area (Å²) >= 11 is 0. The summed E-state index contributed by atoms with van der Waals surface area (Å²) in [7, 11) is 0. The Morgan fingerprint density at radius 1 is 1.56 bits per heavy atom. The second kappa shape index (κ2) is 4.93. The van der Waals surface area contributed by atoms with Crippen LogP contribution in [0.2, 0.25) is 0 Å². The van der Waals surface area contributed by atoms with E-state index in [-0.39, 0.29) is 0 Å². The van der Waals surface area contributed by atoms with E-state index in [1.54, 1.807) is 0 Å². The number of rotatable bonds is 2. The maximum absolute atomic E-state index is 6.02. The van der Waals surface area contributed by atoms with E-state index >= 15 is 0 Å². The lowest BCUT2D eigenvalue weighted by molar-refractivity contribution is 0.157. The van der Waals surface area contributed by atoms with Crippen LogP contribution in [0.1, 0.15) is 24.5 Å². The number of pyridine rings is 1. The lowest BCUT2D eigenvalue weighted by Crippen LogP contribution is -2.45. The molecular formula is C13H21N3. The van der Waals surface area contributed by atoms with Gasteiger partial charge in [0.05, 0.1) is 0 Å². The average Bonchev–Trinajstić information content (AvgIpc) is 2.27. The van der Waals surface area contributed by atoms with Crippen molar-refractivity contribution < 1.29 is 0 Å². The van der Waals surface area contributed by atoms with Gasteiger partial charge in [-0.15, -0.1) is 0 Å². The highest BCUT2D eigenvalue weighted by Crippen LogP contribution is 2.18. The highest BCUT2D eigenvalue weighted by molar-refractivity contribution is 5.21. The van der Waals surface area contributed by atoms with Gasteiger partial charge in [-0.05, 0) is 43.0 Å². The Morgan fingerprint density at radius 3 is 3.06 bits per heavy atom. The molecule has 3 heteroatoms. The molecule has 0 amide bonds. The van der Waals surface area contributed by atoms with E-state index in [4.69, 9.17) is 5.73 Å². The topological polar surface area (TPSA) is 42.2 Å². The van der Waals surface area contributed by atoms with Gasteiger partial charge < -0.3 is 5.73 Å². The van der Waals surface area contributed by atoms with E-state index in [0.717, 1.165) is 26.1 Å². The van der Waals surface area contributed by atoms with Crippen LogP contribution in [0.15, 0.2) is 18.5 Å². The molecule has 0 aliphatic carbocycles. The monoisotopic (exact) mass is 219 g/mol. The molecule has 16 heavy (non-hydrogen) atoms. The number of aromatic nitrogens is 1. The van der Waals surface area contributed by atoms with Crippen LogP contribution in [0.3, 0.4) is 0 Å². The standard InChI is InChI=1S/C13H21N3/c1-10-3-5-15-7-12(10)9-16-6-4-13(14)11(2)8-16/h3,5,7,11,13H,4,6,8-9,14H2,1-2H3. The number of nitrogens with zero attached hydrogens (tertiary/aromatic N) is 2. The number of hydrogen-bond acceptors (Lipinski definition) is 3. The van der Waals surface area contributed by atoms with Gasteiger partial charge in [0.1, 0.15) is 0 Å². The Morgan fingerprint density at radius 2 is 2.38 bits per heavy atom. The fraction of sp³-hybridized carbons (Fsp3) is 0.615. The van der Waals surface area contributed by atoms with Crippen molar-refractivity contribution in [3.63, 3.8) is 0 Å². The van der Waals surface area contributed by atoms with Gasteiger partial charge in [0.15, 0.2) is 0 Å². The Kier molecular flexibility index (Phi) is 3.56. The number of aryl methyl sites for hydroxylation is 1. The van der Waals surface area contributed by atoms with Crippen LogP contribution in [-0.2, 0) is 6.54 Å². The largest absolute Gasteiger partial charge is 0.327 e. The number of hydrogen-bond donors (Lipinski definition) is 1. The van der Waals surface area contributed by atoms with Crippen molar-refractivity contribution in [3.8, 4) is 0 Å². The zero-order valence-electron chi connectivity index (χ0n) is 10.2. The van der Waals surface area contributed by atoms with Crippen LogP contribution in [0.4, 0.5) is 0 Å². The normalized spacial score (nSPS) is 26.9. The summed E-state index contributed by atoms with van der Waals surface area (Å²) in [6.45, 7) is 7.62. The first-order chi connectivity index (χ1) is 7.66. The first-order valence-corrected chi connectivity index (χ1v) is 6.04. The second-order valence-corrected chi connectivity index (χ2v) is 4.97. The predicted molar refractivity (Wildman–Crippen MR) is 66.0 cm³/mol. The van der Waals surface area contributed by atoms with Gasteiger partial charge >= 0.3 is 0 Å². The molecule has 3 nitrogen and oxygen atoms in total. The Bertz CT molecular complexity index is 351. The first-order valence-electron chi connectivity index (χ1n) is 6.04. The molecule has 1 aliphatic heterocycles. The highest BCUT2D eigenvalue weighted by Gasteiger charge is 2.23. The molecule has 0 bridgehead atoms. The quantitative estimate of drug-likeness (QED) is 0.820. The molecule has 1 aliphatic rings. The molecule has 2 heterocycles. The molecule has 0 aromatic carbocycles. The van der Waals surface area contributed by atoms with Crippen molar-refractivity contribution in [1.29, 1.82) is 0 Å². The van der Waals surface area contributed by atoms with Crippen LogP contribution in [0.5, 0.6) is 0 Å². The summed E-state index contributed by atoms with van der Waals surface area (Å²) < 4.78 is 0. The second-order valence-electron chi connectivity index (χ2n) is 4.97. The fourth-order valence-corrected chi connectivity index (χ4v) is 2.30. The summed E-state index contributed by atoms with van der Waals surface area (Å²) in [5, 5.41) is 0. The van der Waals surface area contributed by atoms with Gasteiger partial charge in [-0.2, -0.15) is 0 Å². The van der Waals surface area contributed by atoms with Crippen molar-refractivity contribution >= 4 is 0 Å². The van der Waals surface area contributed by atoms with Gasteiger partial charge in [-0.1, -0.05) is 6.92 Å². The number of likely N-dealkylation sites (tertiary alicyclic amines) is 1. The minimum Gasteiger partial charge on any atom is -0.327 e. The van der Waals surface area contributed by atoms with E-state index in [2.05, 4.69) is 29.8 Å². The van der Waals surface area contributed by atoms with Crippen LogP contribution in [0.25, 0.3) is 0 Å². The third-order valence-corrected chi connectivity index (χ3v) is 3.60. The van der Waals surface area contributed by atoms with Crippen LogP contribution in [0, 0.1) is 12.8 Å². The highest BCUT2D eigenvalue weighted by atomic mass is 15.1. The van der Waals surface area contributed by atoms with Crippen molar-refractivity contribution in [3.05, 3.63) is 29.6 Å². The number of piperidine rings is 1. The molecule has 1 fully saturated rings. The molecule has 1 saturated heterocycles. The van der Waals surface area contributed by atoms with E-state index in [0.29, 0.717) is 12.0 Å². The maximum atomic E-state index is 6.02. The lowest BCUT2D eigenvalue weighted by Gasteiger charge is -2.35. The lowest BCUT2D eigenvalue weighted by atomic mass is 9.94. The van der Waals surface area contributed by atoms with Gasteiger partial charge in [0, 0.05) is 31.5 Å².